The van der Waals surface area contributed by atoms with Crippen molar-refractivity contribution in [2.45, 2.75) is 12.3 Å². The summed E-state index contributed by atoms with van der Waals surface area (Å²) in [6.45, 7) is 0. The zero-order valence-corrected chi connectivity index (χ0v) is 14.3. The molecule has 1 atom stereocenters. The fourth-order valence-corrected chi connectivity index (χ4v) is 2.66. The van der Waals surface area contributed by atoms with Crippen LogP contribution in [0.25, 0.3) is 0 Å². The van der Waals surface area contributed by atoms with Crippen molar-refractivity contribution in [2.24, 2.45) is 0 Å². The number of carbonyl (C=O) groups excluding carboxylic acids is 1. The largest absolute Gasteiger partial charge is 2.00 e. The third-order valence-corrected chi connectivity index (χ3v) is 3.80. The van der Waals surface area contributed by atoms with E-state index in [0.29, 0.717) is 6.42 Å². The minimum absolute atomic E-state index is 0. The van der Waals surface area contributed by atoms with E-state index in [2.05, 4.69) is 23.9 Å². The van der Waals surface area contributed by atoms with Gasteiger partial charge in [0.15, 0.2) is 0 Å². The van der Waals surface area contributed by atoms with Crippen LogP contribution in [-0.4, -0.2) is 5.91 Å². The number of hydrogen-bond donors (Lipinski definition) is 1. The van der Waals surface area contributed by atoms with Gasteiger partial charge in [-0.1, -0.05) is 54.0 Å². The fraction of sp³-hybridized carbons (Fsp3) is 0.0952. The maximum Gasteiger partial charge on any atom is 2.00 e. The molecule has 4 rings (SSSR count). The molecule has 1 fully saturated rings. The molecule has 1 N–H and O–H groups in total. The molecule has 1 heterocycles. The van der Waals surface area contributed by atoms with E-state index < -0.39 is 0 Å². The van der Waals surface area contributed by atoms with Crippen LogP contribution in [0.2, 0.25) is 0 Å². The first-order valence-electron chi connectivity index (χ1n) is 7.78. The molecule has 0 saturated carbocycles. The number of piperidine rings is 1. The van der Waals surface area contributed by atoms with Gasteiger partial charge in [-0.3, -0.25) is 4.79 Å². The van der Waals surface area contributed by atoms with Crippen LogP contribution in [-0.2, 0) is 21.9 Å². The zero-order valence-electron chi connectivity index (χ0n) is 13.2. The molecule has 1 aromatic carbocycles. The van der Waals surface area contributed by atoms with Crippen molar-refractivity contribution < 1.29 is 21.9 Å². The maximum atomic E-state index is 11.8. The Bertz CT molecular complexity index is 650. The van der Waals surface area contributed by atoms with Gasteiger partial charge >= 0.3 is 17.1 Å². The molecule has 1 aromatic rings. The molecule has 1 amide bonds. The summed E-state index contributed by atoms with van der Waals surface area (Å²) in [5, 5.41) is 2.94. The summed E-state index contributed by atoms with van der Waals surface area (Å²) in [5.74, 6) is 0.257. The van der Waals surface area contributed by atoms with Crippen LogP contribution >= 0.6 is 0 Å². The van der Waals surface area contributed by atoms with E-state index in [1.807, 2.05) is 73.9 Å². The van der Waals surface area contributed by atoms with Gasteiger partial charge in [-0.2, -0.15) is 12.0 Å². The number of rotatable bonds is 1. The molecular weight excluding hydrogens is 338 g/mol. The summed E-state index contributed by atoms with van der Waals surface area (Å²) in [7, 11) is 0. The van der Waals surface area contributed by atoms with Gasteiger partial charge in [0, 0.05) is 6.42 Å². The Morgan fingerprint density at radius 2 is 1.79 bits per heavy atom. The molecule has 1 unspecified atom stereocenters. The third kappa shape index (κ3) is 4.95. The molecule has 0 spiro atoms. The van der Waals surface area contributed by atoms with Crippen molar-refractivity contribution in [3.8, 4) is 0 Å². The molecule has 3 heteroatoms. The van der Waals surface area contributed by atoms with Crippen molar-refractivity contribution in [1.29, 1.82) is 0 Å². The van der Waals surface area contributed by atoms with Crippen molar-refractivity contribution in [3.63, 3.8) is 0 Å². The van der Waals surface area contributed by atoms with Crippen LogP contribution in [0.15, 0.2) is 78.1 Å². The Morgan fingerprint density at radius 3 is 2.38 bits per heavy atom. The van der Waals surface area contributed by atoms with E-state index in [1.165, 1.54) is 5.56 Å². The molecule has 2 nitrogen and oxygen atoms in total. The van der Waals surface area contributed by atoms with Crippen molar-refractivity contribution in [1.82, 2.24) is 5.32 Å². The minimum atomic E-state index is 0. The van der Waals surface area contributed by atoms with Gasteiger partial charge in [-0.15, -0.1) is 30.7 Å². The Morgan fingerprint density at radius 1 is 1.04 bits per heavy atom. The summed E-state index contributed by atoms with van der Waals surface area (Å²) >= 11 is 0. The summed E-state index contributed by atoms with van der Waals surface area (Å²) in [4.78, 5) is 11.8. The van der Waals surface area contributed by atoms with Crippen molar-refractivity contribution >= 4 is 5.91 Å². The normalized spacial score (nSPS) is 20.5. The topological polar surface area (TPSA) is 29.1 Å². The SMILES string of the molecule is O=C1CC(c2ccccc2)[CH-]C(=C2C=CC=C2)N1.[CH]1[CH][CH-]C=C1.[Fe+2]. The molecule has 2 radical (unpaired) electrons. The summed E-state index contributed by atoms with van der Waals surface area (Å²) < 4.78 is 0. The second kappa shape index (κ2) is 9.26. The fourth-order valence-electron chi connectivity index (χ4n) is 2.66. The second-order valence-electron chi connectivity index (χ2n) is 5.49. The predicted molar refractivity (Wildman–Crippen MR) is 93.6 cm³/mol. The summed E-state index contributed by atoms with van der Waals surface area (Å²) in [5.41, 5.74) is 3.19. The minimum Gasteiger partial charge on any atom is -0.360 e. The zero-order chi connectivity index (χ0) is 15.9. The average molecular weight is 357 g/mol. The molecule has 122 valence electrons. The number of benzene rings is 1. The molecule has 1 saturated heterocycles. The van der Waals surface area contributed by atoms with E-state index in [9.17, 15) is 4.79 Å². The average Bonchev–Trinajstić information content (AvgIpc) is 3.31. The molecule has 24 heavy (non-hydrogen) atoms. The number of allylic oxidation sites excluding steroid dienone is 8. The molecule has 0 aromatic heterocycles. The Hall–Kier alpha value is -2.09. The number of amides is 1. The van der Waals surface area contributed by atoms with Gasteiger partial charge in [0.05, 0.1) is 0 Å². The standard InChI is InChI=1S/C16H14NO.C5H5.Fe/c18-16-11-14(12-6-2-1-3-7-12)10-15(17-16)13-8-4-5-9-13;1-2-4-5-3-1;/h1-10,14H,11H2,(H,17,18);1-5H;/q2*-1;+2. The Labute approximate surface area is 154 Å². The Balaban J connectivity index is 0.000000300. The first-order valence-corrected chi connectivity index (χ1v) is 7.78. The smallest absolute Gasteiger partial charge is 0.360 e. The van der Waals surface area contributed by atoms with Crippen LogP contribution < -0.4 is 5.32 Å². The van der Waals surface area contributed by atoms with Gasteiger partial charge in [-0.05, 0) is 0 Å². The van der Waals surface area contributed by atoms with E-state index in [4.69, 9.17) is 0 Å². The quantitative estimate of drug-likeness (QED) is 0.597. The third-order valence-electron chi connectivity index (χ3n) is 3.80. The van der Waals surface area contributed by atoms with Gasteiger partial charge in [-0.25, -0.2) is 18.6 Å². The molecule has 1 aliphatic heterocycles. The predicted octanol–water partition coefficient (Wildman–Crippen LogP) is 4.04. The number of nitrogens with one attached hydrogen (secondary N) is 1. The first kappa shape index (κ1) is 18.3. The molecular formula is C21H19FeNO. The Kier molecular flexibility index (Phi) is 7.05. The van der Waals surface area contributed by atoms with E-state index in [1.54, 1.807) is 0 Å². The number of carbonyl (C=O) groups is 1. The maximum absolute atomic E-state index is 11.8. The monoisotopic (exact) mass is 357 g/mol. The second-order valence-corrected chi connectivity index (χ2v) is 5.49. The van der Waals surface area contributed by atoms with Crippen molar-refractivity contribution in [3.05, 3.63) is 109 Å². The van der Waals surface area contributed by atoms with Crippen LogP contribution in [0.3, 0.4) is 0 Å². The van der Waals surface area contributed by atoms with Gasteiger partial charge in [0.2, 0.25) is 5.91 Å². The van der Waals surface area contributed by atoms with Crippen LogP contribution in [0.5, 0.6) is 0 Å². The number of hydrogen-bond acceptors (Lipinski definition) is 1. The summed E-state index contributed by atoms with van der Waals surface area (Å²) in [6.07, 6.45) is 20.7. The van der Waals surface area contributed by atoms with E-state index >= 15 is 0 Å². The van der Waals surface area contributed by atoms with Gasteiger partial charge < -0.3 is 5.32 Å². The summed E-state index contributed by atoms with van der Waals surface area (Å²) in [6, 6.07) is 10.2. The van der Waals surface area contributed by atoms with Gasteiger partial charge in [0.1, 0.15) is 0 Å². The first-order chi connectivity index (χ1) is 11.3. The molecule has 2 aliphatic carbocycles. The molecule has 3 aliphatic rings. The molecule has 0 bridgehead atoms. The van der Waals surface area contributed by atoms with Gasteiger partial charge in [0.25, 0.3) is 0 Å². The van der Waals surface area contributed by atoms with Crippen LogP contribution in [0, 0.1) is 25.7 Å². The van der Waals surface area contributed by atoms with Crippen LogP contribution in [0.4, 0.5) is 0 Å². The van der Waals surface area contributed by atoms with E-state index in [0.717, 1.165) is 11.3 Å². The van der Waals surface area contributed by atoms with Crippen molar-refractivity contribution in [2.75, 3.05) is 0 Å². The van der Waals surface area contributed by atoms with E-state index in [-0.39, 0.29) is 28.9 Å². The van der Waals surface area contributed by atoms with Crippen LogP contribution in [0.1, 0.15) is 17.9 Å².